The minimum Gasteiger partial charge on any atom is -0.357 e. The third kappa shape index (κ3) is 5.57. The summed E-state index contributed by atoms with van der Waals surface area (Å²) in [4.78, 5) is 4.47. The van der Waals surface area contributed by atoms with Gasteiger partial charge in [0.2, 0.25) is 0 Å². The molecule has 0 aromatic carbocycles. The number of aliphatic imine (C=N–C) groups is 1. The van der Waals surface area contributed by atoms with E-state index in [1.807, 2.05) is 18.4 Å². The molecule has 1 aromatic rings. The number of hydrogen-bond acceptors (Lipinski definition) is 4. The van der Waals surface area contributed by atoms with Crippen molar-refractivity contribution in [2.24, 2.45) is 4.99 Å². The molecule has 0 saturated carbocycles. The fourth-order valence-electron chi connectivity index (χ4n) is 1.98. The highest BCUT2D eigenvalue weighted by molar-refractivity contribution is 14.0. The van der Waals surface area contributed by atoms with Gasteiger partial charge in [0.15, 0.2) is 15.8 Å². The van der Waals surface area contributed by atoms with E-state index in [0.717, 1.165) is 6.54 Å². The Balaban J connectivity index is 0.00000200. The van der Waals surface area contributed by atoms with Gasteiger partial charge in [-0.15, -0.1) is 24.0 Å². The largest absolute Gasteiger partial charge is 0.357 e. The van der Waals surface area contributed by atoms with Crippen molar-refractivity contribution in [3.8, 4) is 0 Å². The summed E-state index contributed by atoms with van der Waals surface area (Å²) in [5, 5.41) is 10.4. The van der Waals surface area contributed by atoms with Gasteiger partial charge >= 0.3 is 0 Å². The molecule has 0 aliphatic carbocycles. The predicted octanol–water partition coefficient (Wildman–Crippen LogP) is 1.61. The summed E-state index contributed by atoms with van der Waals surface area (Å²) >= 11 is 1.65. The predicted molar refractivity (Wildman–Crippen MR) is 94.7 cm³/mol. The summed E-state index contributed by atoms with van der Waals surface area (Å²) < 4.78 is 22.9. The second-order valence-electron chi connectivity index (χ2n) is 4.57. The SMILES string of the molecule is CCNC(=NCc1ccsc1)NC1CCS(=O)(=O)C1.I. The van der Waals surface area contributed by atoms with Crippen molar-refractivity contribution < 1.29 is 8.42 Å². The van der Waals surface area contributed by atoms with Crippen molar-refractivity contribution in [2.75, 3.05) is 18.1 Å². The number of thiophene rings is 1. The second kappa shape index (κ2) is 8.18. The van der Waals surface area contributed by atoms with Crippen LogP contribution in [0.25, 0.3) is 0 Å². The molecule has 2 heterocycles. The van der Waals surface area contributed by atoms with Gasteiger partial charge in [0.05, 0.1) is 18.1 Å². The third-order valence-electron chi connectivity index (χ3n) is 2.92. The Labute approximate surface area is 141 Å². The zero-order valence-corrected chi connectivity index (χ0v) is 15.3. The van der Waals surface area contributed by atoms with Crippen LogP contribution >= 0.6 is 35.3 Å². The van der Waals surface area contributed by atoms with Gasteiger partial charge in [0.25, 0.3) is 0 Å². The summed E-state index contributed by atoms with van der Waals surface area (Å²) in [5.74, 6) is 1.17. The molecular formula is C12H20IN3O2S2. The monoisotopic (exact) mass is 429 g/mol. The highest BCUT2D eigenvalue weighted by atomic mass is 127. The van der Waals surface area contributed by atoms with E-state index in [0.29, 0.717) is 18.9 Å². The first kappa shape index (κ1) is 17.7. The van der Waals surface area contributed by atoms with Crippen molar-refractivity contribution in [3.63, 3.8) is 0 Å². The van der Waals surface area contributed by atoms with Crippen molar-refractivity contribution in [1.82, 2.24) is 10.6 Å². The van der Waals surface area contributed by atoms with Crippen LogP contribution in [-0.2, 0) is 16.4 Å². The number of sulfone groups is 1. The van der Waals surface area contributed by atoms with Crippen LogP contribution in [0.5, 0.6) is 0 Å². The smallest absolute Gasteiger partial charge is 0.191 e. The van der Waals surface area contributed by atoms with Crippen molar-refractivity contribution in [3.05, 3.63) is 22.4 Å². The van der Waals surface area contributed by atoms with Gasteiger partial charge < -0.3 is 10.6 Å². The van der Waals surface area contributed by atoms with Gasteiger partial charge in [0, 0.05) is 12.6 Å². The van der Waals surface area contributed by atoms with Crippen LogP contribution in [0.15, 0.2) is 21.8 Å². The second-order valence-corrected chi connectivity index (χ2v) is 7.58. The van der Waals surface area contributed by atoms with E-state index in [-0.39, 0.29) is 41.5 Å². The Morgan fingerprint density at radius 1 is 1.55 bits per heavy atom. The fourth-order valence-corrected chi connectivity index (χ4v) is 4.31. The summed E-state index contributed by atoms with van der Waals surface area (Å²) in [6.45, 7) is 3.36. The van der Waals surface area contributed by atoms with Crippen molar-refractivity contribution in [1.29, 1.82) is 0 Å². The van der Waals surface area contributed by atoms with Crippen LogP contribution < -0.4 is 10.6 Å². The van der Waals surface area contributed by atoms with Gasteiger partial charge in [0.1, 0.15) is 0 Å². The Hall–Kier alpha value is -0.350. The average Bonchev–Trinajstić information content (AvgIpc) is 2.96. The molecule has 0 amide bonds. The van der Waals surface area contributed by atoms with Crippen LogP contribution in [0.3, 0.4) is 0 Å². The van der Waals surface area contributed by atoms with Gasteiger partial charge in [-0.3, -0.25) is 0 Å². The average molecular weight is 429 g/mol. The zero-order chi connectivity index (χ0) is 13.7. The molecule has 1 unspecified atom stereocenters. The molecule has 114 valence electrons. The van der Waals surface area contributed by atoms with E-state index in [4.69, 9.17) is 0 Å². The molecule has 5 nitrogen and oxygen atoms in total. The molecular weight excluding hydrogens is 409 g/mol. The number of nitrogens with one attached hydrogen (secondary N) is 2. The topological polar surface area (TPSA) is 70.6 Å². The van der Waals surface area contributed by atoms with Gasteiger partial charge in [-0.2, -0.15) is 11.3 Å². The lowest BCUT2D eigenvalue weighted by Crippen LogP contribution is -2.44. The van der Waals surface area contributed by atoms with Crippen LogP contribution in [-0.4, -0.2) is 38.5 Å². The molecule has 1 aromatic heterocycles. The summed E-state index contributed by atoms with van der Waals surface area (Å²) in [5.41, 5.74) is 1.17. The Morgan fingerprint density at radius 3 is 2.90 bits per heavy atom. The lowest BCUT2D eigenvalue weighted by atomic mass is 10.3. The zero-order valence-electron chi connectivity index (χ0n) is 11.3. The van der Waals surface area contributed by atoms with Crippen LogP contribution in [0.4, 0.5) is 0 Å². The van der Waals surface area contributed by atoms with E-state index in [2.05, 4.69) is 21.0 Å². The highest BCUT2D eigenvalue weighted by Gasteiger charge is 2.28. The minimum absolute atomic E-state index is 0. The lowest BCUT2D eigenvalue weighted by Gasteiger charge is -2.15. The van der Waals surface area contributed by atoms with E-state index < -0.39 is 9.84 Å². The van der Waals surface area contributed by atoms with Crippen molar-refractivity contribution >= 4 is 51.1 Å². The highest BCUT2D eigenvalue weighted by Crippen LogP contribution is 2.11. The molecule has 0 bridgehead atoms. The molecule has 0 spiro atoms. The van der Waals surface area contributed by atoms with Crippen molar-refractivity contribution in [2.45, 2.75) is 25.9 Å². The summed E-state index contributed by atoms with van der Waals surface area (Å²) in [6, 6.07) is 2.02. The number of guanidine groups is 1. The first-order chi connectivity index (χ1) is 9.09. The maximum atomic E-state index is 11.4. The maximum absolute atomic E-state index is 11.4. The van der Waals surface area contributed by atoms with E-state index in [1.54, 1.807) is 11.3 Å². The number of halogens is 1. The molecule has 1 aliphatic rings. The molecule has 1 saturated heterocycles. The van der Waals surface area contributed by atoms with E-state index >= 15 is 0 Å². The maximum Gasteiger partial charge on any atom is 0.191 e. The molecule has 1 atom stereocenters. The van der Waals surface area contributed by atoms with Gasteiger partial charge in [-0.1, -0.05) is 0 Å². The Bertz CT molecular complexity index is 529. The quantitative estimate of drug-likeness (QED) is 0.434. The van der Waals surface area contributed by atoms with Crippen LogP contribution in [0.1, 0.15) is 18.9 Å². The lowest BCUT2D eigenvalue weighted by molar-refractivity contribution is 0.599. The van der Waals surface area contributed by atoms with Gasteiger partial charge in [-0.25, -0.2) is 13.4 Å². The third-order valence-corrected chi connectivity index (χ3v) is 5.42. The van der Waals surface area contributed by atoms with Crippen LogP contribution in [0.2, 0.25) is 0 Å². The number of nitrogens with zero attached hydrogens (tertiary/aromatic N) is 1. The first-order valence-corrected chi connectivity index (χ1v) is 9.12. The van der Waals surface area contributed by atoms with Gasteiger partial charge in [-0.05, 0) is 35.7 Å². The summed E-state index contributed by atoms with van der Waals surface area (Å²) in [6.07, 6.45) is 0.658. The first-order valence-electron chi connectivity index (χ1n) is 6.35. The molecule has 1 aliphatic heterocycles. The number of hydrogen-bond donors (Lipinski definition) is 2. The normalized spacial score (nSPS) is 21.2. The Kier molecular flexibility index (Phi) is 7.24. The standard InChI is InChI=1S/C12H19N3O2S2.HI/c1-2-13-12(14-7-10-3-5-18-8-10)15-11-4-6-19(16,17)9-11;/h3,5,8,11H,2,4,6-7,9H2,1H3,(H2,13,14,15);1H. The molecule has 0 radical (unpaired) electrons. The molecule has 2 rings (SSSR count). The summed E-state index contributed by atoms with van der Waals surface area (Å²) in [7, 11) is -2.86. The Morgan fingerprint density at radius 2 is 2.35 bits per heavy atom. The van der Waals surface area contributed by atoms with E-state index in [9.17, 15) is 8.42 Å². The fraction of sp³-hybridized carbons (Fsp3) is 0.583. The molecule has 8 heteroatoms. The minimum atomic E-state index is -2.86. The molecule has 2 N–H and O–H groups in total. The molecule has 1 fully saturated rings. The molecule has 20 heavy (non-hydrogen) atoms. The van der Waals surface area contributed by atoms with E-state index in [1.165, 1.54) is 5.56 Å². The van der Waals surface area contributed by atoms with Crippen LogP contribution in [0, 0.1) is 0 Å². The number of rotatable bonds is 4.